The maximum Gasteiger partial charge on any atom is 0.387 e. The Bertz CT molecular complexity index is 538. The fraction of sp³-hybridized carbons (Fsp3) is 0.533. The van der Waals surface area contributed by atoms with Crippen molar-refractivity contribution in [2.45, 2.75) is 32.4 Å². The van der Waals surface area contributed by atoms with Crippen molar-refractivity contribution in [3.8, 4) is 5.75 Å². The molecule has 1 saturated heterocycles. The van der Waals surface area contributed by atoms with E-state index in [9.17, 15) is 18.0 Å². The number of carbonyl (C=O) groups is 1. The monoisotopic (exact) mass is 316 g/mol. The molecule has 2 N–H and O–H groups in total. The zero-order valence-corrected chi connectivity index (χ0v) is 12.3. The highest BCUT2D eigenvalue weighted by Crippen LogP contribution is 2.26. The number of ether oxygens (including phenoxy) is 1. The van der Waals surface area contributed by atoms with Gasteiger partial charge in [0.1, 0.15) is 11.6 Å². The minimum Gasteiger partial charge on any atom is -0.434 e. The molecule has 122 valence electrons. The summed E-state index contributed by atoms with van der Waals surface area (Å²) in [5, 5.41) is 0. The fourth-order valence-electron chi connectivity index (χ4n) is 2.66. The molecule has 22 heavy (non-hydrogen) atoms. The molecule has 1 amide bonds. The first-order chi connectivity index (χ1) is 10.4. The van der Waals surface area contributed by atoms with Crippen LogP contribution in [0, 0.1) is 11.7 Å². The number of alkyl halides is 2. The van der Waals surface area contributed by atoms with Crippen molar-refractivity contribution in [1.29, 1.82) is 0 Å². The topological polar surface area (TPSA) is 55.6 Å². The fourth-order valence-corrected chi connectivity index (χ4v) is 2.66. The number of hydrogen-bond donors (Lipinski definition) is 1. The lowest BCUT2D eigenvalue weighted by Crippen LogP contribution is -2.45. The molecule has 0 aromatic heterocycles. The van der Waals surface area contributed by atoms with Crippen molar-refractivity contribution in [1.82, 2.24) is 4.90 Å². The molecule has 2 rings (SSSR count). The van der Waals surface area contributed by atoms with Gasteiger partial charge in [-0.15, -0.1) is 0 Å². The second-order valence-electron chi connectivity index (χ2n) is 5.53. The quantitative estimate of drug-likeness (QED) is 0.929. The lowest BCUT2D eigenvalue weighted by atomic mass is 9.92. The number of piperidine rings is 1. The van der Waals surface area contributed by atoms with Crippen LogP contribution < -0.4 is 10.5 Å². The molecule has 1 heterocycles. The molecule has 0 saturated carbocycles. The second-order valence-corrected chi connectivity index (χ2v) is 5.53. The summed E-state index contributed by atoms with van der Waals surface area (Å²) in [7, 11) is 0. The Morgan fingerprint density at radius 2 is 2.18 bits per heavy atom. The van der Waals surface area contributed by atoms with E-state index in [0.29, 0.717) is 13.1 Å². The number of halogens is 3. The van der Waals surface area contributed by atoms with E-state index in [1.807, 2.05) is 6.92 Å². The first kappa shape index (κ1) is 16.6. The van der Waals surface area contributed by atoms with Gasteiger partial charge >= 0.3 is 6.61 Å². The molecule has 1 aliphatic rings. The van der Waals surface area contributed by atoms with Gasteiger partial charge in [-0.1, -0.05) is 0 Å². The minimum absolute atomic E-state index is 0.0550. The van der Waals surface area contributed by atoms with Gasteiger partial charge in [0.15, 0.2) is 0 Å². The molecule has 2 unspecified atom stereocenters. The van der Waals surface area contributed by atoms with Gasteiger partial charge in [0.25, 0.3) is 5.91 Å². The number of rotatable bonds is 4. The predicted molar refractivity (Wildman–Crippen MR) is 75.3 cm³/mol. The number of benzene rings is 1. The number of amides is 1. The third kappa shape index (κ3) is 3.91. The van der Waals surface area contributed by atoms with Crippen LogP contribution in [0.4, 0.5) is 13.2 Å². The Labute approximate surface area is 127 Å². The van der Waals surface area contributed by atoms with Crippen LogP contribution in [0.3, 0.4) is 0 Å². The molecular weight excluding hydrogens is 297 g/mol. The highest BCUT2D eigenvalue weighted by atomic mass is 19.3. The van der Waals surface area contributed by atoms with Gasteiger partial charge < -0.3 is 15.4 Å². The molecule has 0 radical (unpaired) electrons. The summed E-state index contributed by atoms with van der Waals surface area (Å²) >= 11 is 0. The van der Waals surface area contributed by atoms with Gasteiger partial charge in [0.2, 0.25) is 0 Å². The van der Waals surface area contributed by atoms with Gasteiger partial charge in [0.05, 0.1) is 5.56 Å². The average molecular weight is 316 g/mol. The van der Waals surface area contributed by atoms with E-state index in [1.54, 1.807) is 4.90 Å². The number of nitrogens with two attached hydrogens (primary N) is 1. The summed E-state index contributed by atoms with van der Waals surface area (Å²) in [4.78, 5) is 14.1. The van der Waals surface area contributed by atoms with Crippen molar-refractivity contribution in [2.24, 2.45) is 11.7 Å². The molecule has 2 atom stereocenters. The highest BCUT2D eigenvalue weighted by molar-refractivity contribution is 5.97. The van der Waals surface area contributed by atoms with E-state index in [-0.39, 0.29) is 17.5 Å². The maximum absolute atomic E-state index is 13.2. The SMILES string of the molecule is CC(N)C1CCCN(C(=O)c2ccc(F)cc2OC(F)F)C1. The van der Waals surface area contributed by atoms with Crippen LogP contribution >= 0.6 is 0 Å². The van der Waals surface area contributed by atoms with Gasteiger partial charge in [-0.05, 0) is 37.8 Å². The van der Waals surface area contributed by atoms with Crippen LogP contribution in [0.15, 0.2) is 18.2 Å². The molecule has 0 spiro atoms. The van der Waals surface area contributed by atoms with E-state index in [4.69, 9.17) is 5.73 Å². The lowest BCUT2D eigenvalue weighted by Gasteiger charge is -2.34. The first-order valence-corrected chi connectivity index (χ1v) is 7.17. The van der Waals surface area contributed by atoms with Crippen molar-refractivity contribution < 1.29 is 22.7 Å². The van der Waals surface area contributed by atoms with Crippen LogP contribution in [-0.4, -0.2) is 36.5 Å². The average Bonchev–Trinajstić information content (AvgIpc) is 2.46. The Morgan fingerprint density at radius 3 is 2.82 bits per heavy atom. The third-order valence-corrected chi connectivity index (χ3v) is 3.88. The smallest absolute Gasteiger partial charge is 0.387 e. The van der Waals surface area contributed by atoms with E-state index < -0.39 is 24.1 Å². The van der Waals surface area contributed by atoms with E-state index in [2.05, 4.69) is 4.74 Å². The summed E-state index contributed by atoms with van der Waals surface area (Å²) in [6.07, 6.45) is 1.72. The molecule has 1 aromatic carbocycles. The summed E-state index contributed by atoms with van der Waals surface area (Å²) in [5.74, 6) is -1.46. The van der Waals surface area contributed by atoms with Gasteiger partial charge in [0, 0.05) is 25.2 Å². The molecule has 0 aliphatic carbocycles. The number of carbonyl (C=O) groups excluding carboxylic acids is 1. The van der Waals surface area contributed by atoms with Crippen molar-refractivity contribution in [2.75, 3.05) is 13.1 Å². The van der Waals surface area contributed by atoms with Crippen LogP contribution in [0.1, 0.15) is 30.1 Å². The molecule has 1 fully saturated rings. The van der Waals surface area contributed by atoms with E-state index >= 15 is 0 Å². The molecule has 4 nitrogen and oxygen atoms in total. The predicted octanol–water partition coefficient (Wildman–Crippen LogP) is 2.63. The zero-order valence-electron chi connectivity index (χ0n) is 12.3. The highest BCUT2D eigenvalue weighted by Gasteiger charge is 2.28. The summed E-state index contributed by atoms with van der Waals surface area (Å²) in [6, 6.07) is 2.97. The standard InChI is InChI=1S/C15H19F3N2O2/c1-9(19)10-3-2-6-20(8-10)14(21)12-5-4-11(16)7-13(12)22-15(17)18/h4-5,7,9-10,15H,2-3,6,8,19H2,1H3. The Hall–Kier alpha value is -1.76. The van der Waals surface area contributed by atoms with E-state index in [0.717, 1.165) is 25.0 Å². The molecule has 1 aliphatic heterocycles. The summed E-state index contributed by atoms with van der Waals surface area (Å²) in [6.45, 7) is -0.260. The molecule has 7 heteroatoms. The van der Waals surface area contributed by atoms with Crippen molar-refractivity contribution in [3.05, 3.63) is 29.6 Å². The number of hydrogen-bond acceptors (Lipinski definition) is 3. The maximum atomic E-state index is 13.2. The Balaban J connectivity index is 2.21. The number of likely N-dealkylation sites (tertiary alicyclic amines) is 1. The van der Waals surface area contributed by atoms with Crippen LogP contribution in [0.2, 0.25) is 0 Å². The summed E-state index contributed by atoms with van der Waals surface area (Å²) in [5.41, 5.74) is 5.81. The van der Waals surface area contributed by atoms with Crippen molar-refractivity contribution >= 4 is 5.91 Å². The van der Waals surface area contributed by atoms with Crippen molar-refractivity contribution in [3.63, 3.8) is 0 Å². The van der Waals surface area contributed by atoms with Gasteiger partial charge in [-0.25, -0.2) is 4.39 Å². The zero-order chi connectivity index (χ0) is 16.3. The molecule has 0 bridgehead atoms. The normalized spacial score (nSPS) is 20.1. The molecule has 1 aromatic rings. The van der Waals surface area contributed by atoms with E-state index in [1.165, 1.54) is 6.07 Å². The lowest BCUT2D eigenvalue weighted by molar-refractivity contribution is -0.0504. The largest absolute Gasteiger partial charge is 0.434 e. The Morgan fingerprint density at radius 1 is 1.45 bits per heavy atom. The van der Waals surface area contributed by atoms with Crippen LogP contribution in [0.25, 0.3) is 0 Å². The molecular formula is C15H19F3N2O2. The van der Waals surface area contributed by atoms with Gasteiger partial charge in [-0.3, -0.25) is 4.79 Å². The van der Waals surface area contributed by atoms with Crippen LogP contribution in [0.5, 0.6) is 5.75 Å². The second kappa shape index (κ2) is 7.00. The van der Waals surface area contributed by atoms with Gasteiger partial charge in [-0.2, -0.15) is 8.78 Å². The Kier molecular flexibility index (Phi) is 5.28. The third-order valence-electron chi connectivity index (χ3n) is 3.88. The summed E-state index contributed by atoms with van der Waals surface area (Å²) < 4.78 is 42.3. The number of nitrogens with zero attached hydrogens (tertiary/aromatic N) is 1. The minimum atomic E-state index is -3.12. The van der Waals surface area contributed by atoms with Crippen LogP contribution in [-0.2, 0) is 0 Å². The first-order valence-electron chi connectivity index (χ1n) is 7.17.